The molecule has 0 saturated carbocycles. The van der Waals surface area contributed by atoms with Crippen LogP contribution in [-0.2, 0) is 19.5 Å². The highest BCUT2D eigenvalue weighted by Gasteiger charge is 2.13. The maximum absolute atomic E-state index is 11.1. The van der Waals surface area contributed by atoms with Gasteiger partial charge >= 0.3 is 0 Å². The van der Waals surface area contributed by atoms with E-state index in [4.69, 9.17) is 14.6 Å². The number of sulfonamides is 1. The van der Waals surface area contributed by atoms with Gasteiger partial charge in [0.25, 0.3) is 0 Å². The van der Waals surface area contributed by atoms with Gasteiger partial charge in [-0.1, -0.05) is 12.1 Å². The molecule has 0 aliphatic carbocycles. The third kappa shape index (κ3) is 3.00. The van der Waals surface area contributed by atoms with Crippen LogP contribution in [0, 0.1) is 0 Å². The minimum absolute atomic E-state index is 0.0408. The van der Waals surface area contributed by atoms with E-state index in [1.54, 1.807) is 12.1 Å². The van der Waals surface area contributed by atoms with Crippen LogP contribution in [0.5, 0.6) is 0 Å². The van der Waals surface area contributed by atoms with Crippen molar-refractivity contribution in [1.29, 1.82) is 0 Å². The summed E-state index contributed by atoms with van der Waals surface area (Å²) in [6.07, 6.45) is -0.591. The molecule has 0 spiro atoms. The summed E-state index contributed by atoms with van der Waals surface area (Å²) in [7, 11) is -0.746. The highest BCUT2D eigenvalue weighted by Crippen LogP contribution is 2.19. The fourth-order valence-electron chi connectivity index (χ4n) is 1.21. The van der Waals surface area contributed by atoms with Gasteiger partial charge < -0.3 is 9.47 Å². The molecule has 6 heteroatoms. The minimum Gasteiger partial charge on any atom is -0.352 e. The van der Waals surface area contributed by atoms with Gasteiger partial charge in [-0.3, -0.25) is 0 Å². The lowest BCUT2D eigenvalue weighted by Gasteiger charge is -2.13. The smallest absolute Gasteiger partial charge is 0.238 e. The maximum atomic E-state index is 11.1. The molecule has 1 aromatic carbocycles. The van der Waals surface area contributed by atoms with Crippen molar-refractivity contribution in [3.8, 4) is 0 Å². The van der Waals surface area contributed by atoms with Crippen LogP contribution < -0.4 is 5.14 Å². The van der Waals surface area contributed by atoms with Crippen molar-refractivity contribution in [2.75, 3.05) is 14.2 Å². The largest absolute Gasteiger partial charge is 0.352 e. The Balaban J connectivity index is 3.13. The fraction of sp³-hybridized carbons (Fsp3) is 0.333. The Bertz CT molecular complexity index is 425. The molecule has 5 nitrogen and oxygen atoms in total. The first-order valence-electron chi connectivity index (χ1n) is 4.17. The van der Waals surface area contributed by atoms with E-state index in [0.29, 0.717) is 5.56 Å². The predicted octanol–water partition coefficient (Wildman–Crippen LogP) is 0.625. The van der Waals surface area contributed by atoms with Crippen molar-refractivity contribution >= 4 is 10.0 Å². The number of benzene rings is 1. The molecule has 0 fully saturated rings. The monoisotopic (exact) mass is 231 g/mol. The Kier molecular flexibility index (Phi) is 3.81. The molecule has 0 bridgehead atoms. The molecule has 0 radical (unpaired) electrons. The third-order valence-corrected chi connectivity index (χ3v) is 2.80. The number of rotatable bonds is 4. The van der Waals surface area contributed by atoms with Gasteiger partial charge in [0.05, 0.1) is 4.90 Å². The lowest BCUT2D eigenvalue weighted by molar-refractivity contribution is -0.106. The van der Waals surface area contributed by atoms with Gasteiger partial charge in [-0.05, 0) is 12.1 Å². The second-order valence-corrected chi connectivity index (χ2v) is 4.48. The Morgan fingerprint density at radius 2 is 1.87 bits per heavy atom. The van der Waals surface area contributed by atoms with Crippen molar-refractivity contribution in [3.63, 3.8) is 0 Å². The predicted molar refractivity (Wildman–Crippen MR) is 54.6 cm³/mol. The Labute approximate surface area is 88.9 Å². The van der Waals surface area contributed by atoms with Crippen LogP contribution in [0.25, 0.3) is 0 Å². The number of ether oxygens (including phenoxy) is 2. The minimum atomic E-state index is -3.69. The summed E-state index contributed by atoms with van der Waals surface area (Å²) in [4.78, 5) is 0.0408. The van der Waals surface area contributed by atoms with Crippen molar-refractivity contribution in [2.45, 2.75) is 11.2 Å². The molecule has 0 amide bonds. The first kappa shape index (κ1) is 12.1. The van der Waals surface area contributed by atoms with Crippen molar-refractivity contribution in [3.05, 3.63) is 29.8 Å². The average Bonchev–Trinajstić information content (AvgIpc) is 2.19. The summed E-state index contributed by atoms with van der Waals surface area (Å²) in [5.41, 5.74) is 0.603. The highest BCUT2D eigenvalue weighted by atomic mass is 32.2. The van der Waals surface area contributed by atoms with E-state index in [0.717, 1.165) is 0 Å². The SMILES string of the molecule is COC(OC)c1cccc(S(N)(=O)=O)c1. The lowest BCUT2D eigenvalue weighted by Crippen LogP contribution is -2.13. The van der Waals surface area contributed by atoms with E-state index in [2.05, 4.69) is 0 Å². The normalized spacial score (nSPS) is 12.0. The first-order valence-corrected chi connectivity index (χ1v) is 5.72. The van der Waals surface area contributed by atoms with Crippen LogP contribution in [0.2, 0.25) is 0 Å². The average molecular weight is 231 g/mol. The first-order chi connectivity index (χ1) is 6.99. The van der Waals surface area contributed by atoms with E-state index in [-0.39, 0.29) is 4.90 Å². The Morgan fingerprint density at radius 3 is 2.33 bits per heavy atom. The number of methoxy groups -OCH3 is 2. The molecule has 1 rings (SSSR count). The van der Waals surface area contributed by atoms with Crippen LogP contribution in [-0.4, -0.2) is 22.6 Å². The van der Waals surface area contributed by atoms with Crippen LogP contribution in [0.15, 0.2) is 29.2 Å². The number of nitrogens with two attached hydrogens (primary N) is 1. The molecule has 84 valence electrons. The lowest BCUT2D eigenvalue weighted by atomic mass is 10.2. The van der Waals surface area contributed by atoms with Gasteiger partial charge in [-0.25, -0.2) is 13.6 Å². The zero-order chi connectivity index (χ0) is 11.5. The maximum Gasteiger partial charge on any atom is 0.238 e. The number of hydrogen-bond acceptors (Lipinski definition) is 4. The second kappa shape index (κ2) is 4.71. The van der Waals surface area contributed by atoms with Crippen LogP contribution in [0.1, 0.15) is 11.9 Å². The summed E-state index contributed by atoms with van der Waals surface area (Å²) in [5.74, 6) is 0. The Morgan fingerprint density at radius 1 is 1.27 bits per heavy atom. The van der Waals surface area contributed by atoms with E-state index < -0.39 is 16.3 Å². The van der Waals surface area contributed by atoms with E-state index in [1.165, 1.54) is 26.4 Å². The summed E-state index contributed by atoms with van der Waals surface area (Å²) in [6.45, 7) is 0. The summed E-state index contributed by atoms with van der Waals surface area (Å²) in [5, 5.41) is 5.00. The zero-order valence-corrected chi connectivity index (χ0v) is 9.32. The van der Waals surface area contributed by atoms with Crippen molar-refractivity contribution < 1.29 is 17.9 Å². The summed E-state index contributed by atoms with van der Waals surface area (Å²) in [6, 6.07) is 6.13. The zero-order valence-electron chi connectivity index (χ0n) is 8.51. The van der Waals surface area contributed by atoms with Crippen LogP contribution in [0.4, 0.5) is 0 Å². The second-order valence-electron chi connectivity index (χ2n) is 2.92. The van der Waals surface area contributed by atoms with E-state index in [1.807, 2.05) is 0 Å². The van der Waals surface area contributed by atoms with Gasteiger partial charge in [-0.15, -0.1) is 0 Å². The molecule has 0 saturated heterocycles. The van der Waals surface area contributed by atoms with Gasteiger partial charge in [0, 0.05) is 19.8 Å². The summed E-state index contributed by atoms with van der Waals surface area (Å²) < 4.78 is 32.2. The molecule has 15 heavy (non-hydrogen) atoms. The standard InChI is InChI=1S/C9H13NO4S/c1-13-9(14-2)7-4-3-5-8(6-7)15(10,11)12/h3-6,9H,1-2H3,(H2,10,11,12). The Hall–Kier alpha value is -0.950. The molecule has 2 N–H and O–H groups in total. The fourth-order valence-corrected chi connectivity index (χ4v) is 1.78. The molecule has 0 atom stereocenters. The molecule has 0 unspecified atom stereocenters. The molecule has 0 heterocycles. The molecule has 1 aromatic rings. The quantitative estimate of drug-likeness (QED) is 0.771. The summed E-state index contributed by atoms with van der Waals surface area (Å²) >= 11 is 0. The van der Waals surface area contributed by atoms with E-state index >= 15 is 0 Å². The van der Waals surface area contributed by atoms with Gasteiger partial charge in [-0.2, -0.15) is 0 Å². The molecule has 0 aliphatic rings. The van der Waals surface area contributed by atoms with Crippen molar-refractivity contribution in [1.82, 2.24) is 0 Å². The van der Waals surface area contributed by atoms with Gasteiger partial charge in [0.2, 0.25) is 10.0 Å². The molecule has 0 aliphatic heterocycles. The molecular weight excluding hydrogens is 218 g/mol. The number of hydrogen-bond donors (Lipinski definition) is 1. The topological polar surface area (TPSA) is 78.6 Å². The van der Waals surface area contributed by atoms with Crippen LogP contribution in [0.3, 0.4) is 0 Å². The number of primary sulfonamides is 1. The van der Waals surface area contributed by atoms with Crippen molar-refractivity contribution in [2.24, 2.45) is 5.14 Å². The van der Waals surface area contributed by atoms with Gasteiger partial charge in [0.1, 0.15) is 0 Å². The highest BCUT2D eigenvalue weighted by molar-refractivity contribution is 7.89. The van der Waals surface area contributed by atoms with Gasteiger partial charge in [0.15, 0.2) is 6.29 Å². The molecular formula is C9H13NO4S. The van der Waals surface area contributed by atoms with Crippen LogP contribution >= 0.6 is 0 Å². The van der Waals surface area contributed by atoms with E-state index in [9.17, 15) is 8.42 Å². The molecule has 0 aromatic heterocycles. The third-order valence-electron chi connectivity index (χ3n) is 1.89.